The van der Waals surface area contributed by atoms with Crippen LogP contribution in [0.15, 0.2) is 24.4 Å². The van der Waals surface area contributed by atoms with Crippen molar-refractivity contribution in [2.75, 3.05) is 6.54 Å². The lowest BCUT2D eigenvalue weighted by molar-refractivity contribution is 0.0696. The van der Waals surface area contributed by atoms with E-state index in [1.807, 2.05) is 6.07 Å². The van der Waals surface area contributed by atoms with Crippen LogP contribution in [-0.4, -0.2) is 38.4 Å². The average Bonchev–Trinajstić information content (AvgIpc) is 2.53. The first-order valence-corrected chi connectivity index (χ1v) is 7.40. The number of hydrogen-bond donors (Lipinski definition) is 1. The summed E-state index contributed by atoms with van der Waals surface area (Å²) in [6, 6.07) is 5.09. The first kappa shape index (κ1) is 15.1. The Balaban J connectivity index is 1.87. The van der Waals surface area contributed by atoms with E-state index in [0.717, 1.165) is 11.1 Å². The minimum Gasteiger partial charge on any atom is -0.478 e. The first-order chi connectivity index (χ1) is 11.0. The zero-order valence-corrected chi connectivity index (χ0v) is 13.0. The molecular formula is C17H17N3O3. The number of carboxylic acid groups (broad SMARTS) is 1. The highest BCUT2D eigenvalue weighted by Gasteiger charge is 2.24. The van der Waals surface area contributed by atoms with Crippen molar-refractivity contribution in [1.82, 2.24) is 14.9 Å². The Labute approximate surface area is 133 Å². The minimum atomic E-state index is -0.959. The minimum absolute atomic E-state index is 0.117. The zero-order valence-electron chi connectivity index (χ0n) is 13.0. The van der Waals surface area contributed by atoms with Gasteiger partial charge in [0.2, 0.25) is 0 Å². The summed E-state index contributed by atoms with van der Waals surface area (Å²) < 4.78 is 0. The monoisotopic (exact) mass is 311 g/mol. The highest BCUT2D eigenvalue weighted by molar-refractivity contribution is 5.95. The molecule has 0 saturated heterocycles. The van der Waals surface area contributed by atoms with Crippen molar-refractivity contribution >= 4 is 11.9 Å². The van der Waals surface area contributed by atoms with E-state index in [9.17, 15) is 9.59 Å². The fraction of sp³-hybridized carbons (Fsp3) is 0.294. The van der Waals surface area contributed by atoms with Gasteiger partial charge in [-0.1, -0.05) is 6.07 Å². The van der Waals surface area contributed by atoms with Crippen molar-refractivity contribution in [3.63, 3.8) is 0 Å². The third-order valence-electron chi connectivity index (χ3n) is 4.08. The van der Waals surface area contributed by atoms with Gasteiger partial charge in [0.15, 0.2) is 0 Å². The molecule has 0 bridgehead atoms. The Morgan fingerprint density at radius 1 is 1.22 bits per heavy atom. The summed E-state index contributed by atoms with van der Waals surface area (Å²) in [4.78, 5) is 33.8. The van der Waals surface area contributed by atoms with E-state index in [2.05, 4.69) is 9.97 Å². The van der Waals surface area contributed by atoms with Crippen molar-refractivity contribution in [3.05, 3.63) is 58.2 Å². The van der Waals surface area contributed by atoms with Crippen LogP contribution < -0.4 is 0 Å². The third-order valence-corrected chi connectivity index (χ3v) is 4.08. The van der Waals surface area contributed by atoms with Gasteiger partial charge in [0.1, 0.15) is 5.82 Å². The van der Waals surface area contributed by atoms with Gasteiger partial charge in [0, 0.05) is 19.3 Å². The molecule has 1 aliphatic heterocycles. The Morgan fingerprint density at radius 3 is 2.70 bits per heavy atom. The fourth-order valence-corrected chi connectivity index (χ4v) is 2.83. The van der Waals surface area contributed by atoms with Crippen LogP contribution >= 0.6 is 0 Å². The second-order valence-electron chi connectivity index (χ2n) is 5.68. The molecule has 1 amide bonds. The molecule has 2 aromatic rings. The van der Waals surface area contributed by atoms with Crippen molar-refractivity contribution in [2.45, 2.75) is 26.8 Å². The summed E-state index contributed by atoms with van der Waals surface area (Å²) in [7, 11) is 0. The molecule has 1 aromatic carbocycles. The smallest absolute Gasteiger partial charge is 0.335 e. The zero-order chi connectivity index (χ0) is 16.6. The van der Waals surface area contributed by atoms with E-state index in [-0.39, 0.29) is 11.5 Å². The summed E-state index contributed by atoms with van der Waals surface area (Å²) in [6.45, 7) is 4.59. The van der Waals surface area contributed by atoms with Crippen LogP contribution in [0.3, 0.4) is 0 Å². The van der Waals surface area contributed by atoms with Gasteiger partial charge in [0.05, 0.1) is 16.8 Å². The van der Waals surface area contributed by atoms with Crippen LogP contribution in [-0.2, 0) is 13.0 Å². The first-order valence-electron chi connectivity index (χ1n) is 7.40. The third kappa shape index (κ3) is 2.92. The number of hydrogen-bond acceptors (Lipinski definition) is 4. The maximum atomic E-state index is 12.7. The van der Waals surface area contributed by atoms with Crippen LogP contribution in [0.5, 0.6) is 0 Å². The molecule has 1 N–H and O–H groups in total. The molecule has 0 aliphatic carbocycles. The van der Waals surface area contributed by atoms with Gasteiger partial charge >= 0.3 is 5.97 Å². The number of fused-ring (bicyclic) bond motifs is 1. The molecule has 0 radical (unpaired) electrons. The van der Waals surface area contributed by atoms with Crippen molar-refractivity contribution < 1.29 is 14.7 Å². The van der Waals surface area contributed by atoms with Crippen LogP contribution in [0.4, 0.5) is 0 Å². The average molecular weight is 311 g/mol. The predicted octanol–water partition coefficient (Wildman–Crippen LogP) is 1.99. The summed E-state index contributed by atoms with van der Waals surface area (Å²) in [5.41, 5.74) is 3.38. The van der Waals surface area contributed by atoms with Crippen LogP contribution in [0.25, 0.3) is 0 Å². The number of carboxylic acids is 1. The quantitative estimate of drug-likeness (QED) is 0.917. The summed E-state index contributed by atoms with van der Waals surface area (Å²) in [5, 5.41) is 9.10. The standard InChI is InChI=1S/C17H17N3O3/c1-10-15(8-18-11(2)19-10)16(21)20-6-5-12-3-4-13(17(22)23)7-14(12)9-20/h3-4,7-8H,5-6,9H2,1-2H3,(H,22,23). The molecule has 1 aromatic heterocycles. The molecule has 6 heteroatoms. The van der Waals surface area contributed by atoms with Crippen molar-refractivity contribution in [3.8, 4) is 0 Å². The Bertz CT molecular complexity index is 802. The molecule has 6 nitrogen and oxygen atoms in total. The largest absolute Gasteiger partial charge is 0.478 e. The van der Waals surface area contributed by atoms with Gasteiger partial charge < -0.3 is 10.0 Å². The molecule has 23 heavy (non-hydrogen) atoms. The highest BCUT2D eigenvalue weighted by Crippen LogP contribution is 2.22. The second-order valence-corrected chi connectivity index (χ2v) is 5.68. The number of aryl methyl sites for hydroxylation is 2. The van der Waals surface area contributed by atoms with E-state index in [0.29, 0.717) is 36.6 Å². The lowest BCUT2D eigenvalue weighted by Crippen LogP contribution is -2.36. The van der Waals surface area contributed by atoms with Crippen LogP contribution in [0.2, 0.25) is 0 Å². The van der Waals surface area contributed by atoms with E-state index in [4.69, 9.17) is 5.11 Å². The fourth-order valence-electron chi connectivity index (χ4n) is 2.83. The van der Waals surface area contributed by atoms with E-state index < -0.39 is 5.97 Å². The van der Waals surface area contributed by atoms with Crippen LogP contribution in [0, 0.1) is 13.8 Å². The van der Waals surface area contributed by atoms with Crippen molar-refractivity contribution in [1.29, 1.82) is 0 Å². The summed E-state index contributed by atoms with van der Waals surface area (Å²) in [5.74, 6) is -0.443. The molecule has 0 fully saturated rings. The Morgan fingerprint density at radius 2 is 2.00 bits per heavy atom. The predicted molar refractivity (Wildman–Crippen MR) is 83.4 cm³/mol. The number of aromatic nitrogens is 2. The number of carbonyl (C=O) groups is 2. The molecule has 1 aliphatic rings. The van der Waals surface area contributed by atoms with Gasteiger partial charge in [-0.3, -0.25) is 4.79 Å². The highest BCUT2D eigenvalue weighted by atomic mass is 16.4. The SMILES string of the molecule is Cc1ncc(C(=O)N2CCc3ccc(C(=O)O)cc3C2)c(C)n1. The molecule has 0 unspecified atom stereocenters. The van der Waals surface area contributed by atoms with E-state index in [1.54, 1.807) is 37.1 Å². The number of rotatable bonds is 2. The topological polar surface area (TPSA) is 83.4 Å². The van der Waals surface area contributed by atoms with Crippen LogP contribution in [0.1, 0.15) is 43.4 Å². The lowest BCUT2D eigenvalue weighted by atomic mass is 9.97. The molecule has 0 atom stereocenters. The number of aromatic carboxylic acids is 1. The Kier molecular flexibility index (Phi) is 3.82. The summed E-state index contributed by atoms with van der Waals surface area (Å²) >= 11 is 0. The molecule has 3 rings (SSSR count). The number of amides is 1. The number of nitrogens with zero attached hydrogens (tertiary/aromatic N) is 3. The van der Waals surface area contributed by atoms with Crippen molar-refractivity contribution in [2.24, 2.45) is 0 Å². The molecular weight excluding hydrogens is 294 g/mol. The Hall–Kier alpha value is -2.76. The van der Waals surface area contributed by atoms with Gasteiger partial charge in [0.25, 0.3) is 5.91 Å². The molecule has 2 heterocycles. The molecule has 118 valence electrons. The van der Waals surface area contributed by atoms with E-state index >= 15 is 0 Å². The number of benzene rings is 1. The van der Waals surface area contributed by atoms with Gasteiger partial charge in [-0.2, -0.15) is 0 Å². The summed E-state index contributed by atoms with van der Waals surface area (Å²) in [6.07, 6.45) is 2.27. The van der Waals surface area contributed by atoms with Gasteiger partial charge in [-0.15, -0.1) is 0 Å². The number of carbonyl (C=O) groups excluding carboxylic acids is 1. The van der Waals surface area contributed by atoms with E-state index in [1.165, 1.54) is 0 Å². The maximum Gasteiger partial charge on any atom is 0.335 e. The molecule has 0 saturated carbocycles. The molecule has 0 spiro atoms. The van der Waals surface area contributed by atoms with Gasteiger partial charge in [-0.05, 0) is 43.5 Å². The normalized spacial score (nSPS) is 13.6. The maximum absolute atomic E-state index is 12.7. The second kappa shape index (κ2) is 5.79. The lowest BCUT2D eigenvalue weighted by Gasteiger charge is -2.29. The van der Waals surface area contributed by atoms with Gasteiger partial charge in [-0.25, -0.2) is 14.8 Å².